The van der Waals surface area contributed by atoms with Crippen LogP contribution in [0.2, 0.25) is 0 Å². The molecule has 1 unspecified atom stereocenters. The van der Waals surface area contributed by atoms with E-state index < -0.39 is 23.3 Å². The van der Waals surface area contributed by atoms with Crippen LogP contribution in [0.1, 0.15) is 31.9 Å². The number of benzene rings is 2. The van der Waals surface area contributed by atoms with E-state index in [1.54, 1.807) is 57.2 Å². The van der Waals surface area contributed by atoms with Gasteiger partial charge in [-0.25, -0.2) is 14.1 Å². The number of carbonyl (C=O) groups is 2. The van der Waals surface area contributed by atoms with Gasteiger partial charge < -0.3 is 4.74 Å². The Morgan fingerprint density at radius 3 is 2.25 bits per heavy atom. The second kappa shape index (κ2) is 5.44. The number of fused-ring (bicyclic) bond motifs is 1. The molecule has 5 heteroatoms. The zero-order valence-corrected chi connectivity index (χ0v) is 13.7. The van der Waals surface area contributed by atoms with E-state index in [1.807, 2.05) is 0 Å². The second-order valence-electron chi connectivity index (χ2n) is 6.66. The van der Waals surface area contributed by atoms with Gasteiger partial charge in [0, 0.05) is 11.1 Å². The number of alkyl halides is 1. The van der Waals surface area contributed by atoms with Crippen LogP contribution in [0.15, 0.2) is 54.6 Å². The first-order chi connectivity index (χ1) is 11.2. The van der Waals surface area contributed by atoms with Crippen LogP contribution in [0, 0.1) is 0 Å². The molecule has 0 saturated heterocycles. The number of rotatable bonds is 1. The summed E-state index contributed by atoms with van der Waals surface area (Å²) in [5.74, 6) is -0.954. The number of amides is 2. The molecule has 0 aromatic heterocycles. The van der Waals surface area contributed by atoms with Crippen molar-refractivity contribution < 1.29 is 18.7 Å². The summed E-state index contributed by atoms with van der Waals surface area (Å²) in [6, 6.07) is 14.5. The van der Waals surface area contributed by atoms with Gasteiger partial charge in [0.2, 0.25) is 5.67 Å². The fourth-order valence-corrected chi connectivity index (χ4v) is 2.77. The average Bonchev–Trinajstić information content (AvgIpc) is 2.76. The van der Waals surface area contributed by atoms with E-state index in [0.717, 1.165) is 4.90 Å². The van der Waals surface area contributed by atoms with Gasteiger partial charge >= 0.3 is 6.09 Å². The van der Waals surface area contributed by atoms with Gasteiger partial charge in [0.05, 0.1) is 5.69 Å². The Morgan fingerprint density at radius 1 is 1.04 bits per heavy atom. The molecule has 124 valence electrons. The summed E-state index contributed by atoms with van der Waals surface area (Å²) in [5, 5.41) is 0. The molecular weight excluding hydrogens is 309 g/mol. The number of halogens is 1. The fraction of sp³-hybridized carbons (Fsp3) is 0.263. The summed E-state index contributed by atoms with van der Waals surface area (Å²) < 4.78 is 21.2. The van der Waals surface area contributed by atoms with Crippen LogP contribution in [-0.4, -0.2) is 17.6 Å². The van der Waals surface area contributed by atoms with Crippen molar-refractivity contribution in [3.63, 3.8) is 0 Å². The highest BCUT2D eigenvalue weighted by atomic mass is 19.1. The molecule has 1 heterocycles. The van der Waals surface area contributed by atoms with Crippen molar-refractivity contribution in [3.05, 3.63) is 65.7 Å². The lowest BCUT2D eigenvalue weighted by molar-refractivity contribution is -0.126. The first-order valence-electron chi connectivity index (χ1n) is 7.66. The predicted octanol–water partition coefficient (Wildman–Crippen LogP) is 4.18. The third-order valence-corrected chi connectivity index (χ3v) is 3.76. The molecule has 3 rings (SSSR count). The summed E-state index contributed by atoms with van der Waals surface area (Å²) in [7, 11) is 0. The zero-order chi connectivity index (χ0) is 17.5. The van der Waals surface area contributed by atoms with Crippen molar-refractivity contribution in [2.75, 3.05) is 4.90 Å². The summed E-state index contributed by atoms with van der Waals surface area (Å²) in [6.45, 7) is 5.08. The zero-order valence-electron chi connectivity index (χ0n) is 13.7. The van der Waals surface area contributed by atoms with Gasteiger partial charge in [0.15, 0.2) is 0 Å². The van der Waals surface area contributed by atoms with Crippen LogP contribution in [-0.2, 0) is 15.2 Å². The number of para-hydroxylation sites is 1. The smallest absolute Gasteiger partial charge is 0.421 e. The Balaban J connectivity index is 2.13. The number of ether oxygens (including phenoxy) is 1. The lowest BCUT2D eigenvalue weighted by atomic mass is 9.89. The molecule has 2 aromatic carbocycles. The lowest BCUT2D eigenvalue weighted by Gasteiger charge is -2.24. The molecule has 0 fully saturated rings. The topological polar surface area (TPSA) is 46.6 Å². The number of anilines is 1. The van der Waals surface area contributed by atoms with Crippen molar-refractivity contribution >= 4 is 17.7 Å². The van der Waals surface area contributed by atoms with Crippen LogP contribution in [0.5, 0.6) is 0 Å². The molecule has 0 N–H and O–H groups in total. The normalized spacial score (nSPS) is 20.0. The van der Waals surface area contributed by atoms with Crippen molar-refractivity contribution in [2.45, 2.75) is 32.0 Å². The molecule has 2 amide bonds. The van der Waals surface area contributed by atoms with E-state index in [-0.39, 0.29) is 16.8 Å². The van der Waals surface area contributed by atoms with Gasteiger partial charge in [-0.15, -0.1) is 0 Å². The maximum absolute atomic E-state index is 15.9. The Labute approximate surface area is 139 Å². The van der Waals surface area contributed by atoms with Crippen LogP contribution < -0.4 is 4.90 Å². The number of nitrogens with zero attached hydrogens (tertiary/aromatic N) is 1. The van der Waals surface area contributed by atoms with Gasteiger partial charge in [-0.2, -0.15) is 0 Å². The number of hydrogen-bond acceptors (Lipinski definition) is 3. The Bertz CT molecular complexity index is 798. The monoisotopic (exact) mass is 327 g/mol. The minimum atomic E-state index is -2.41. The van der Waals surface area contributed by atoms with Crippen molar-refractivity contribution in [2.24, 2.45) is 0 Å². The highest BCUT2D eigenvalue weighted by Gasteiger charge is 2.55. The lowest BCUT2D eigenvalue weighted by Crippen LogP contribution is -2.44. The first-order valence-corrected chi connectivity index (χ1v) is 7.66. The predicted molar refractivity (Wildman–Crippen MR) is 88.5 cm³/mol. The van der Waals surface area contributed by atoms with E-state index >= 15 is 4.39 Å². The molecule has 0 aliphatic carbocycles. The number of carbonyl (C=O) groups excluding carboxylic acids is 2. The first kappa shape index (κ1) is 16.2. The number of hydrogen-bond donors (Lipinski definition) is 0. The highest BCUT2D eigenvalue weighted by molar-refractivity contribution is 6.21. The van der Waals surface area contributed by atoms with Crippen molar-refractivity contribution in [1.29, 1.82) is 0 Å². The van der Waals surface area contributed by atoms with Crippen LogP contribution in [0.25, 0.3) is 0 Å². The molecule has 0 saturated carbocycles. The molecule has 0 radical (unpaired) electrons. The Hall–Kier alpha value is -2.69. The molecule has 2 aromatic rings. The SMILES string of the molecule is CC(C)(C)OC(=O)N1C(=O)C(F)(c2ccccc2)c2ccccc21. The molecule has 24 heavy (non-hydrogen) atoms. The summed E-state index contributed by atoms with van der Waals surface area (Å²) in [5.41, 5.74) is -2.65. The minimum absolute atomic E-state index is 0.145. The van der Waals surface area contributed by atoms with Gasteiger partial charge in [0.1, 0.15) is 5.60 Å². The van der Waals surface area contributed by atoms with Crippen molar-refractivity contribution in [3.8, 4) is 0 Å². The molecule has 1 aliphatic rings. The summed E-state index contributed by atoms with van der Waals surface area (Å²) >= 11 is 0. The van der Waals surface area contributed by atoms with Gasteiger partial charge in [0.25, 0.3) is 5.91 Å². The quantitative estimate of drug-likeness (QED) is 0.789. The fourth-order valence-electron chi connectivity index (χ4n) is 2.77. The van der Waals surface area contributed by atoms with E-state index in [1.165, 1.54) is 18.2 Å². The average molecular weight is 327 g/mol. The Morgan fingerprint density at radius 2 is 1.62 bits per heavy atom. The Kier molecular flexibility index (Phi) is 3.67. The third-order valence-electron chi connectivity index (χ3n) is 3.76. The second-order valence-corrected chi connectivity index (χ2v) is 6.66. The van der Waals surface area contributed by atoms with Gasteiger partial charge in [-0.3, -0.25) is 4.79 Å². The molecule has 4 nitrogen and oxygen atoms in total. The van der Waals surface area contributed by atoms with Crippen LogP contribution >= 0.6 is 0 Å². The summed E-state index contributed by atoms with van der Waals surface area (Å²) in [6.07, 6.45) is -0.879. The minimum Gasteiger partial charge on any atom is -0.443 e. The molecule has 1 atom stereocenters. The van der Waals surface area contributed by atoms with Crippen LogP contribution in [0.4, 0.5) is 14.9 Å². The van der Waals surface area contributed by atoms with Crippen molar-refractivity contribution in [1.82, 2.24) is 0 Å². The highest BCUT2D eigenvalue weighted by Crippen LogP contribution is 2.47. The molecule has 1 aliphatic heterocycles. The largest absolute Gasteiger partial charge is 0.443 e. The number of imide groups is 1. The van der Waals surface area contributed by atoms with E-state index in [2.05, 4.69) is 0 Å². The van der Waals surface area contributed by atoms with Gasteiger partial charge in [-0.05, 0) is 26.8 Å². The third kappa shape index (κ3) is 2.46. The van der Waals surface area contributed by atoms with E-state index in [4.69, 9.17) is 4.74 Å². The molecule has 0 bridgehead atoms. The standard InChI is InChI=1S/C19H18FNO3/c1-18(2,3)24-17(23)21-15-12-8-7-11-14(15)19(20,16(21)22)13-9-5-4-6-10-13/h4-12H,1-3H3. The maximum Gasteiger partial charge on any atom is 0.421 e. The van der Waals surface area contributed by atoms with E-state index in [0.29, 0.717) is 0 Å². The van der Waals surface area contributed by atoms with E-state index in [9.17, 15) is 9.59 Å². The summed E-state index contributed by atoms with van der Waals surface area (Å²) in [4.78, 5) is 26.1. The maximum atomic E-state index is 15.9. The molecule has 0 spiro atoms. The molecular formula is C19H18FNO3. The van der Waals surface area contributed by atoms with Gasteiger partial charge in [-0.1, -0.05) is 48.5 Å². The van der Waals surface area contributed by atoms with Crippen LogP contribution in [0.3, 0.4) is 0 Å².